The number of amides is 2. The van der Waals surface area contributed by atoms with Crippen LogP contribution in [-0.4, -0.2) is 29.6 Å². The number of ether oxygens (including phenoxy) is 1. The summed E-state index contributed by atoms with van der Waals surface area (Å²) in [6, 6.07) is 4.55. The number of hydrogen-bond acceptors (Lipinski definition) is 5. The van der Waals surface area contributed by atoms with E-state index in [4.69, 9.17) is 27.9 Å². The lowest BCUT2D eigenvalue weighted by molar-refractivity contribution is -0.146. The van der Waals surface area contributed by atoms with Gasteiger partial charge in [0.25, 0.3) is 5.91 Å². The number of anilines is 1. The van der Waals surface area contributed by atoms with Crippen LogP contribution in [-0.2, 0) is 19.1 Å². The molecule has 1 atom stereocenters. The first-order valence-electron chi connectivity index (χ1n) is 6.68. The van der Waals surface area contributed by atoms with E-state index in [-0.39, 0.29) is 24.5 Å². The predicted molar refractivity (Wildman–Crippen MR) is 85.5 cm³/mol. The molecule has 0 spiro atoms. The topological polar surface area (TPSA) is 96.9 Å². The van der Waals surface area contributed by atoms with Gasteiger partial charge < -0.3 is 10.1 Å². The Morgan fingerprint density at radius 1 is 1.26 bits per heavy atom. The minimum Gasteiger partial charge on any atom is -0.448 e. The molecule has 1 aliphatic heterocycles. The molecule has 1 aliphatic rings. The standard InChI is InChI=1S/C14H13Cl2N3O4/c1-7(23-14(22)11-2-3-12(20)19-18-11)13(21)17-10-5-8(15)4-9(16)6-10/h4-7H,2-3H2,1H3,(H,17,21)(H,19,20)/t7-/m1/s1. The molecule has 7 nitrogen and oxygen atoms in total. The van der Waals surface area contributed by atoms with Crippen molar-refractivity contribution in [3.63, 3.8) is 0 Å². The summed E-state index contributed by atoms with van der Waals surface area (Å²) in [5.41, 5.74) is 2.64. The third-order valence-electron chi connectivity index (χ3n) is 2.92. The maximum absolute atomic E-state index is 12.0. The lowest BCUT2D eigenvalue weighted by Crippen LogP contribution is -2.35. The van der Waals surface area contributed by atoms with Gasteiger partial charge in [0.1, 0.15) is 5.71 Å². The Morgan fingerprint density at radius 3 is 2.48 bits per heavy atom. The van der Waals surface area contributed by atoms with Gasteiger partial charge in [-0.25, -0.2) is 10.2 Å². The molecule has 0 unspecified atom stereocenters. The Labute approximate surface area is 142 Å². The van der Waals surface area contributed by atoms with Crippen molar-refractivity contribution in [2.45, 2.75) is 25.9 Å². The summed E-state index contributed by atoms with van der Waals surface area (Å²) >= 11 is 11.7. The SMILES string of the molecule is C[C@@H](OC(=O)C1=NNC(=O)CC1)C(=O)Nc1cc(Cl)cc(Cl)c1. The van der Waals surface area contributed by atoms with Crippen LogP contribution in [0.4, 0.5) is 5.69 Å². The number of halogens is 2. The van der Waals surface area contributed by atoms with E-state index in [2.05, 4.69) is 15.8 Å². The van der Waals surface area contributed by atoms with Crippen molar-refractivity contribution < 1.29 is 19.1 Å². The van der Waals surface area contributed by atoms with Crippen molar-refractivity contribution in [3.05, 3.63) is 28.2 Å². The van der Waals surface area contributed by atoms with Crippen LogP contribution in [0, 0.1) is 0 Å². The van der Waals surface area contributed by atoms with Gasteiger partial charge in [0.2, 0.25) is 5.91 Å². The lowest BCUT2D eigenvalue weighted by Gasteiger charge is -2.16. The molecule has 1 aromatic rings. The zero-order valence-corrected chi connectivity index (χ0v) is 13.6. The summed E-state index contributed by atoms with van der Waals surface area (Å²) in [5.74, 6) is -1.57. The number of nitrogens with one attached hydrogen (secondary N) is 2. The molecule has 23 heavy (non-hydrogen) atoms. The summed E-state index contributed by atoms with van der Waals surface area (Å²) < 4.78 is 5.02. The van der Waals surface area contributed by atoms with Crippen LogP contribution >= 0.6 is 23.2 Å². The number of hydrogen-bond donors (Lipinski definition) is 2. The second-order valence-electron chi connectivity index (χ2n) is 4.79. The Bertz CT molecular complexity index is 670. The van der Waals surface area contributed by atoms with Gasteiger partial charge in [-0.05, 0) is 25.1 Å². The molecule has 1 aromatic carbocycles. The smallest absolute Gasteiger partial charge is 0.355 e. The second-order valence-corrected chi connectivity index (χ2v) is 5.66. The number of carbonyl (C=O) groups is 3. The largest absolute Gasteiger partial charge is 0.448 e. The molecule has 0 fully saturated rings. The molecule has 1 heterocycles. The van der Waals surface area contributed by atoms with Crippen molar-refractivity contribution in [1.82, 2.24) is 5.43 Å². The van der Waals surface area contributed by atoms with E-state index < -0.39 is 18.0 Å². The minimum absolute atomic E-state index is 0.0649. The maximum Gasteiger partial charge on any atom is 0.355 e. The Morgan fingerprint density at radius 2 is 1.91 bits per heavy atom. The summed E-state index contributed by atoms with van der Waals surface area (Å²) in [7, 11) is 0. The molecular weight excluding hydrogens is 345 g/mol. The quantitative estimate of drug-likeness (QED) is 0.806. The van der Waals surface area contributed by atoms with Gasteiger partial charge in [0.15, 0.2) is 6.10 Å². The van der Waals surface area contributed by atoms with Gasteiger partial charge in [-0.2, -0.15) is 5.10 Å². The van der Waals surface area contributed by atoms with Gasteiger partial charge in [-0.3, -0.25) is 9.59 Å². The average molecular weight is 358 g/mol. The van der Waals surface area contributed by atoms with E-state index in [1.54, 1.807) is 0 Å². The Hall–Kier alpha value is -2.12. The number of carbonyl (C=O) groups excluding carboxylic acids is 3. The van der Waals surface area contributed by atoms with Gasteiger partial charge in [0, 0.05) is 28.6 Å². The maximum atomic E-state index is 12.0. The first-order chi connectivity index (χ1) is 10.8. The zero-order chi connectivity index (χ0) is 17.0. The first kappa shape index (κ1) is 17.2. The van der Waals surface area contributed by atoms with Crippen LogP contribution in [0.3, 0.4) is 0 Å². The molecule has 0 saturated carbocycles. The monoisotopic (exact) mass is 357 g/mol. The summed E-state index contributed by atoms with van der Waals surface area (Å²) in [6.07, 6.45) is -0.737. The lowest BCUT2D eigenvalue weighted by atomic mass is 10.2. The molecule has 0 aliphatic carbocycles. The van der Waals surface area contributed by atoms with Gasteiger partial charge in [0.05, 0.1) is 0 Å². The number of hydrazone groups is 1. The van der Waals surface area contributed by atoms with E-state index in [1.807, 2.05) is 0 Å². The Balaban J connectivity index is 1.94. The van der Waals surface area contributed by atoms with Crippen LogP contribution in [0.15, 0.2) is 23.3 Å². The number of rotatable bonds is 4. The molecule has 0 radical (unpaired) electrons. The van der Waals surface area contributed by atoms with Crippen molar-refractivity contribution in [2.75, 3.05) is 5.32 Å². The molecule has 9 heteroatoms. The summed E-state index contributed by atoms with van der Waals surface area (Å²) in [4.78, 5) is 34.8. The zero-order valence-electron chi connectivity index (χ0n) is 12.1. The van der Waals surface area contributed by atoms with Crippen molar-refractivity contribution in [1.29, 1.82) is 0 Å². The first-order valence-corrected chi connectivity index (χ1v) is 7.44. The second kappa shape index (κ2) is 7.43. The van der Waals surface area contributed by atoms with Crippen LogP contribution in [0.2, 0.25) is 10.0 Å². The third-order valence-corrected chi connectivity index (χ3v) is 3.36. The molecule has 122 valence electrons. The normalized spacial score (nSPS) is 15.3. The highest BCUT2D eigenvalue weighted by atomic mass is 35.5. The van der Waals surface area contributed by atoms with E-state index in [0.29, 0.717) is 15.7 Å². The molecule has 2 N–H and O–H groups in total. The summed E-state index contributed by atoms with van der Waals surface area (Å²) in [6.45, 7) is 1.42. The van der Waals surface area contributed by atoms with E-state index in [1.165, 1.54) is 25.1 Å². The van der Waals surface area contributed by atoms with Gasteiger partial charge >= 0.3 is 5.97 Å². The van der Waals surface area contributed by atoms with Gasteiger partial charge in [-0.1, -0.05) is 23.2 Å². The fourth-order valence-electron chi connectivity index (χ4n) is 1.77. The van der Waals surface area contributed by atoms with E-state index in [0.717, 1.165) is 0 Å². The van der Waals surface area contributed by atoms with Crippen LogP contribution < -0.4 is 10.7 Å². The fraction of sp³-hybridized carbons (Fsp3) is 0.286. The molecule has 0 aromatic heterocycles. The number of benzene rings is 1. The summed E-state index contributed by atoms with van der Waals surface area (Å²) in [5, 5.41) is 6.88. The Kier molecular flexibility index (Phi) is 5.57. The average Bonchev–Trinajstić information content (AvgIpc) is 2.46. The van der Waals surface area contributed by atoms with Gasteiger partial charge in [-0.15, -0.1) is 0 Å². The van der Waals surface area contributed by atoms with Crippen LogP contribution in [0.25, 0.3) is 0 Å². The highest BCUT2D eigenvalue weighted by Gasteiger charge is 2.24. The van der Waals surface area contributed by atoms with Crippen molar-refractivity contribution in [2.24, 2.45) is 5.10 Å². The number of nitrogens with zero attached hydrogens (tertiary/aromatic N) is 1. The molecule has 2 amide bonds. The van der Waals surface area contributed by atoms with E-state index >= 15 is 0 Å². The van der Waals surface area contributed by atoms with Crippen molar-refractivity contribution in [3.8, 4) is 0 Å². The minimum atomic E-state index is -1.06. The molecule has 0 bridgehead atoms. The molecule has 2 rings (SSSR count). The number of esters is 1. The molecular formula is C14H13Cl2N3O4. The predicted octanol–water partition coefficient (Wildman–Crippen LogP) is 2.13. The van der Waals surface area contributed by atoms with Crippen LogP contribution in [0.1, 0.15) is 19.8 Å². The highest BCUT2D eigenvalue weighted by molar-refractivity contribution is 6.37. The van der Waals surface area contributed by atoms with Crippen LogP contribution in [0.5, 0.6) is 0 Å². The highest BCUT2D eigenvalue weighted by Crippen LogP contribution is 2.22. The third kappa shape index (κ3) is 4.94. The molecule has 0 saturated heterocycles. The fourth-order valence-corrected chi connectivity index (χ4v) is 2.30. The van der Waals surface area contributed by atoms with Crippen molar-refractivity contribution >= 4 is 52.4 Å². The van der Waals surface area contributed by atoms with E-state index in [9.17, 15) is 14.4 Å².